The van der Waals surface area contributed by atoms with Gasteiger partial charge < -0.3 is 19.5 Å². The molecule has 1 aliphatic heterocycles. The number of aromatic hydroxyl groups is 1. The third-order valence-corrected chi connectivity index (χ3v) is 3.33. The molecule has 1 unspecified atom stereocenters. The van der Waals surface area contributed by atoms with Gasteiger partial charge in [-0.05, 0) is 19.0 Å². The Bertz CT molecular complexity index is 420. The molecule has 0 saturated heterocycles. The molecule has 0 aliphatic carbocycles. The molecule has 1 aromatic rings. The average molecular weight is 251 g/mol. The van der Waals surface area contributed by atoms with E-state index in [4.69, 9.17) is 9.47 Å². The van der Waals surface area contributed by atoms with E-state index in [1.54, 1.807) is 6.07 Å². The lowest BCUT2D eigenvalue weighted by atomic mass is 10.1. The second-order valence-corrected chi connectivity index (χ2v) is 5.04. The van der Waals surface area contributed by atoms with Crippen molar-refractivity contribution in [3.63, 3.8) is 0 Å². The van der Waals surface area contributed by atoms with Crippen molar-refractivity contribution < 1.29 is 14.6 Å². The van der Waals surface area contributed by atoms with E-state index in [1.165, 1.54) is 0 Å². The number of nitrogens with zero attached hydrogens (tertiary/aromatic N) is 1. The molecule has 1 atom stereocenters. The fourth-order valence-corrected chi connectivity index (χ4v) is 2.12. The predicted molar refractivity (Wildman–Crippen MR) is 70.0 cm³/mol. The van der Waals surface area contributed by atoms with Crippen LogP contribution >= 0.6 is 0 Å². The summed E-state index contributed by atoms with van der Waals surface area (Å²) in [5, 5.41) is 9.95. The Morgan fingerprint density at radius 2 is 2.00 bits per heavy atom. The fourth-order valence-electron chi connectivity index (χ4n) is 2.12. The Labute approximate surface area is 108 Å². The van der Waals surface area contributed by atoms with Gasteiger partial charge in [0, 0.05) is 24.7 Å². The lowest BCUT2D eigenvalue weighted by Gasteiger charge is -2.21. The van der Waals surface area contributed by atoms with Crippen molar-refractivity contribution in [2.75, 3.05) is 20.4 Å². The first-order valence-electron chi connectivity index (χ1n) is 6.40. The van der Waals surface area contributed by atoms with E-state index < -0.39 is 0 Å². The van der Waals surface area contributed by atoms with Crippen molar-refractivity contribution in [2.45, 2.75) is 26.8 Å². The summed E-state index contributed by atoms with van der Waals surface area (Å²) >= 11 is 0. The zero-order valence-corrected chi connectivity index (χ0v) is 11.3. The van der Waals surface area contributed by atoms with Crippen LogP contribution in [0.5, 0.6) is 17.2 Å². The minimum atomic E-state index is 0.237. The number of fused-ring (bicyclic) bond motifs is 1. The maximum Gasteiger partial charge on any atom is 0.231 e. The van der Waals surface area contributed by atoms with Crippen LogP contribution in [-0.2, 0) is 6.54 Å². The highest BCUT2D eigenvalue weighted by Gasteiger charge is 2.17. The van der Waals surface area contributed by atoms with Gasteiger partial charge in [-0.25, -0.2) is 0 Å². The van der Waals surface area contributed by atoms with Crippen LogP contribution in [0.3, 0.4) is 0 Å². The Morgan fingerprint density at radius 1 is 1.33 bits per heavy atom. The minimum Gasteiger partial charge on any atom is -0.507 e. The molecule has 0 radical (unpaired) electrons. The van der Waals surface area contributed by atoms with Crippen LogP contribution in [-0.4, -0.2) is 30.4 Å². The summed E-state index contributed by atoms with van der Waals surface area (Å²) in [5.41, 5.74) is 0.880. The molecule has 1 heterocycles. The average Bonchev–Trinajstić information content (AvgIpc) is 2.76. The normalized spacial score (nSPS) is 15.1. The number of rotatable bonds is 5. The molecule has 4 nitrogen and oxygen atoms in total. The Kier molecular flexibility index (Phi) is 3.97. The largest absolute Gasteiger partial charge is 0.507 e. The monoisotopic (exact) mass is 251 g/mol. The third kappa shape index (κ3) is 2.88. The van der Waals surface area contributed by atoms with Gasteiger partial charge in [0.15, 0.2) is 11.5 Å². The van der Waals surface area contributed by atoms with Crippen LogP contribution < -0.4 is 9.47 Å². The first kappa shape index (κ1) is 13.0. The summed E-state index contributed by atoms with van der Waals surface area (Å²) in [6.45, 7) is 6.39. The van der Waals surface area contributed by atoms with Gasteiger partial charge in [-0.3, -0.25) is 0 Å². The van der Waals surface area contributed by atoms with Crippen molar-refractivity contribution in [3.8, 4) is 17.2 Å². The molecular weight excluding hydrogens is 230 g/mol. The van der Waals surface area contributed by atoms with Crippen molar-refractivity contribution in [3.05, 3.63) is 17.7 Å². The van der Waals surface area contributed by atoms with E-state index in [9.17, 15) is 5.11 Å². The van der Waals surface area contributed by atoms with Gasteiger partial charge >= 0.3 is 0 Å². The van der Waals surface area contributed by atoms with Gasteiger partial charge in [0.25, 0.3) is 0 Å². The first-order valence-corrected chi connectivity index (χ1v) is 6.40. The molecule has 100 valence electrons. The molecule has 0 bridgehead atoms. The number of hydrogen-bond acceptors (Lipinski definition) is 4. The van der Waals surface area contributed by atoms with E-state index in [0.29, 0.717) is 18.2 Å². The molecule has 0 spiro atoms. The number of ether oxygens (including phenoxy) is 2. The zero-order chi connectivity index (χ0) is 13.1. The van der Waals surface area contributed by atoms with Gasteiger partial charge in [-0.2, -0.15) is 0 Å². The Morgan fingerprint density at radius 3 is 2.67 bits per heavy atom. The van der Waals surface area contributed by atoms with Gasteiger partial charge in [0.05, 0.1) is 0 Å². The maximum atomic E-state index is 9.95. The first-order chi connectivity index (χ1) is 8.60. The molecule has 1 aromatic carbocycles. The summed E-state index contributed by atoms with van der Waals surface area (Å²) in [4.78, 5) is 2.21. The highest BCUT2D eigenvalue weighted by Crippen LogP contribution is 2.37. The molecule has 18 heavy (non-hydrogen) atoms. The van der Waals surface area contributed by atoms with Gasteiger partial charge in [0.2, 0.25) is 6.79 Å². The van der Waals surface area contributed by atoms with E-state index in [2.05, 4.69) is 25.8 Å². The molecule has 4 heteroatoms. The molecule has 0 aromatic heterocycles. The van der Waals surface area contributed by atoms with Crippen molar-refractivity contribution >= 4 is 0 Å². The van der Waals surface area contributed by atoms with E-state index in [-0.39, 0.29) is 12.5 Å². The topological polar surface area (TPSA) is 41.9 Å². The minimum absolute atomic E-state index is 0.237. The zero-order valence-electron chi connectivity index (χ0n) is 11.3. The highest BCUT2D eigenvalue weighted by molar-refractivity contribution is 5.51. The number of phenols is 1. The number of phenolic OH excluding ortho intramolecular Hbond substituents is 1. The van der Waals surface area contributed by atoms with E-state index in [0.717, 1.165) is 24.3 Å². The molecule has 0 fully saturated rings. The number of hydrogen-bond donors (Lipinski definition) is 1. The van der Waals surface area contributed by atoms with Gasteiger partial charge in [-0.1, -0.05) is 20.3 Å². The lowest BCUT2D eigenvalue weighted by Crippen LogP contribution is -2.23. The van der Waals surface area contributed by atoms with Crippen LogP contribution in [0, 0.1) is 5.92 Å². The summed E-state index contributed by atoms with van der Waals surface area (Å²) in [6, 6.07) is 3.50. The second-order valence-electron chi connectivity index (χ2n) is 5.04. The van der Waals surface area contributed by atoms with Crippen molar-refractivity contribution in [1.82, 2.24) is 4.90 Å². The van der Waals surface area contributed by atoms with Gasteiger partial charge in [-0.15, -0.1) is 0 Å². The third-order valence-electron chi connectivity index (χ3n) is 3.33. The molecular formula is C14H21NO3. The summed E-state index contributed by atoms with van der Waals surface area (Å²) in [6.07, 6.45) is 1.16. The summed E-state index contributed by atoms with van der Waals surface area (Å²) in [5.74, 6) is 2.28. The lowest BCUT2D eigenvalue weighted by molar-refractivity contribution is 0.174. The highest BCUT2D eigenvalue weighted by atomic mass is 16.7. The van der Waals surface area contributed by atoms with E-state index >= 15 is 0 Å². The molecule has 0 amide bonds. The fraction of sp³-hybridized carbons (Fsp3) is 0.571. The Hall–Kier alpha value is -1.42. The van der Waals surface area contributed by atoms with Crippen LogP contribution in [0.1, 0.15) is 25.8 Å². The van der Waals surface area contributed by atoms with Crippen LogP contribution in [0.2, 0.25) is 0 Å². The smallest absolute Gasteiger partial charge is 0.231 e. The van der Waals surface area contributed by atoms with Crippen LogP contribution in [0.4, 0.5) is 0 Å². The predicted octanol–water partition coefficient (Wildman–Crippen LogP) is 2.60. The Balaban J connectivity index is 2.05. The standard InChI is InChI=1S/C14H21NO3/c1-4-10(2)7-15(3)8-11-5-13-14(6-12(11)16)18-9-17-13/h5-6,10,16H,4,7-9H2,1-3H3. The van der Waals surface area contributed by atoms with Crippen LogP contribution in [0.15, 0.2) is 12.1 Å². The maximum absolute atomic E-state index is 9.95. The van der Waals surface area contributed by atoms with Crippen molar-refractivity contribution in [1.29, 1.82) is 0 Å². The quantitative estimate of drug-likeness (QED) is 0.873. The SMILES string of the molecule is CCC(C)CN(C)Cc1cc2c(cc1O)OCO2. The second kappa shape index (κ2) is 5.48. The van der Waals surface area contributed by atoms with E-state index in [1.807, 2.05) is 6.07 Å². The summed E-state index contributed by atoms with van der Waals surface area (Å²) < 4.78 is 10.6. The van der Waals surface area contributed by atoms with Crippen molar-refractivity contribution in [2.24, 2.45) is 5.92 Å². The number of benzene rings is 1. The molecule has 1 N–H and O–H groups in total. The van der Waals surface area contributed by atoms with Gasteiger partial charge in [0.1, 0.15) is 5.75 Å². The summed E-state index contributed by atoms with van der Waals surface area (Å²) in [7, 11) is 2.07. The molecule has 2 rings (SSSR count). The molecule has 1 aliphatic rings. The molecule has 0 saturated carbocycles. The van der Waals surface area contributed by atoms with Crippen LogP contribution in [0.25, 0.3) is 0 Å².